The van der Waals surface area contributed by atoms with Gasteiger partial charge in [-0.3, -0.25) is 9.78 Å². The normalized spacial score (nSPS) is 19.2. The van der Waals surface area contributed by atoms with E-state index in [1.165, 1.54) is 11.3 Å². The lowest BCUT2D eigenvalue weighted by atomic mass is 9.97. The largest absolute Gasteiger partial charge is 0.344 e. The highest BCUT2D eigenvalue weighted by Crippen LogP contribution is 2.39. The van der Waals surface area contributed by atoms with Crippen molar-refractivity contribution in [2.75, 3.05) is 27.2 Å². The van der Waals surface area contributed by atoms with Gasteiger partial charge in [-0.2, -0.15) is 0 Å². The van der Waals surface area contributed by atoms with E-state index in [1.807, 2.05) is 0 Å². The molecule has 0 N–H and O–H groups in total. The van der Waals surface area contributed by atoms with Gasteiger partial charge in [-0.05, 0) is 26.8 Å². The Morgan fingerprint density at radius 1 is 1.36 bits per heavy atom. The number of thiophene rings is 1. The Morgan fingerprint density at radius 2 is 2.09 bits per heavy atom. The van der Waals surface area contributed by atoms with Crippen molar-refractivity contribution < 1.29 is 4.79 Å². The zero-order valence-corrected chi connectivity index (χ0v) is 14.4. The van der Waals surface area contributed by atoms with Crippen molar-refractivity contribution in [3.8, 4) is 0 Å². The van der Waals surface area contributed by atoms with Gasteiger partial charge in [0.25, 0.3) is 5.91 Å². The number of nitrogens with zero attached hydrogens (tertiary/aromatic N) is 4. The van der Waals surface area contributed by atoms with Crippen LogP contribution in [0.4, 0.5) is 0 Å². The molecular weight excluding hydrogens is 296 g/mol. The first-order valence-electron chi connectivity index (χ1n) is 7.68. The van der Waals surface area contributed by atoms with Gasteiger partial charge in [-0.25, -0.2) is 4.98 Å². The van der Waals surface area contributed by atoms with Crippen LogP contribution in [0.1, 0.15) is 41.4 Å². The van der Waals surface area contributed by atoms with Gasteiger partial charge in [0.15, 0.2) is 0 Å². The molecule has 5 nitrogen and oxygen atoms in total. The zero-order chi connectivity index (χ0) is 15.9. The Morgan fingerprint density at radius 3 is 2.73 bits per heavy atom. The molecule has 1 aliphatic heterocycles. The monoisotopic (exact) mass is 318 g/mol. The van der Waals surface area contributed by atoms with Crippen molar-refractivity contribution in [2.45, 2.75) is 32.2 Å². The van der Waals surface area contributed by atoms with E-state index in [0.717, 1.165) is 40.3 Å². The predicted octanol–water partition coefficient (Wildman–Crippen LogP) is 2.59. The highest BCUT2D eigenvalue weighted by Gasteiger charge is 2.32. The molecule has 1 aliphatic rings. The number of carbonyl (C=O) groups excluding carboxylic acids is 1. The van der Waals surface area contributed by atoms with Gasteiger partial charge in [-0.15, -0.1) is 11.3 Å². The molecule has 0 saturated carbocycles. The second-order valence-electron chi connectivity index (χ2n) is 6.33. The third-order valence-corrected chi connectivity index (χ3v) is 5.41. The number of aromatic nitrogens is 2. The van der Waals surface area contributed by atoms with Crippen molar-refractivity contribution in [1.29, 1.82) is 0 Å². The first-order valence-corrected chi connectivity index (χ1v) is 8.49. The Labute approximate surface area is 135 Å². The fourth-order valence-electron chi connectivity index (χ4n) is 3.08. The number of fused-ring (bicyclic) bond motifs is 1. The molecule has 0 bridgehead atoms. The zero-order valence-electron chi connectivity index (χ0n) is 13.5. The summed E-state index contributed by atoms with van der Waals surface area (Å²) in [5, 5.41) is 0. The van der Waals surface area contributed by atoms with Gasteiger partial charge >= 0.3 is 0 Å². The van der Waals surface area contributed by atoms with Crippen LogP contribution in [0.15, 0.2) is 12.4 Å². The van der Waals surface area contributed by atoms with Crippen LogP contribution >= 0.6 is 11.3 Å². The average Bonchev–Trinajstić information content (AvgIpc) is 3.10. The van der Waals surface area contributed by atoms with Crippen LogP contribution in [-0.4, -0.2) is 58.9 Å². The number of likely N-dealkylation sites (tertiary alicyclic amines) is 1. The van der Waals surface area contributed by atoms with E-state index < -0.39 is 0 Å². The van der Waals surface area contributed by atoms with Crippen molar-refractivity contribution in [2.24, 2.45) is 0 Å². The molecule has 118 valence electrons. The molecule has 3 heterocycles. The fourth-order valence-corrected chi connectivity index (χ4v) is 4.29. The van der Waals surface area contributed by atoms with E-state index in [2.05, 4.69) is 28.7 Å². The van der Waals surface area contributed by atoms with Crippen LogP contribution in [0.5, 0.6) is 0 Å². The second-order valence-corrected chi connectivity index (χ2v) is 7.33. The molecule has 1 fully saturated rings. The van der Waals surface area contributed by atoms with Crippen molar-refractivity contribution >= 4 is 27.6 Å². The van der Waals surface area contributed by atoms with E-state index in [1.54, 1.807) is 31.4 Å². The minimum absolute atomic E-state index is 0.0581. The summed E-state index contributed by atoms with van der Waals surface area (Å²) in [6, 6.07) is 0.536. The van der Waals surface area contributed by atoms with E-state index >= 15 is 0 Å². The maximum absolute atomic E-state index is 12.6. The molecule has 0 aromatic carbocycles. The molecule has 22 heavy (non-hydrogen) atoms. The van der Waals surface area contributed by atoms with Crippen LogP contribution in [-0.2, 0) is 0 Å². The van der Waals surface area contributed by atoms with Gasteiger partial charge < -0.3 is 9.80 Å². The lowest BCUT2D eigenvalue weighted by molar-refractivity contribution is 0.0831. The molecule has 1 saturated heterocycles. The van der Waals surface area contributed by atoms with Crippen molar-refractivity contribution in [3.05, 3.63) is 22.8 Å². The first kappa shape index (κ1) is 15.4. The third kappa shape index (κ3) is 2.61. The summed E-state index contributed by atoms with van der Waals surface area (Å²) in [6.07, 6.45) is 4.49. The minimum Gasteiger partial charge on any atom is -0.344 e. The fraction of sp³-hybridized carbons (Fsp3) is 0.562. The molecular formula is C16H22N4OS. The molecule has 0 radical (unpaired) electrons. The molecule has 1 amide bonds. The van der Waals surface area contributed by atoms with Crippen LogP contribution < -0.4 is 0 Å². The van der Waals surface area contributed by atoms with Gasteiger partial charge in [0, 0.05) is 50.6 Å². The Balaban J connectivity index is 2.07. The summed E-state index contributed by atoms with van der Waals surface area (Å²) in [5.41, 5.74) is 2.02. The van der Waals surface area contributed by atoms with Crippen LogP contribution in [0.3, 0.4) is 0 Å². The number of hydrogen-bond donors (Lipinski definition) is 0. The molecule has 2 aromatic heterocycles. The first-order chi connectivity index (χ1) is 10.5. The van der Waals surface area contributed by atoms with Crippen LogP contribution in [0.2, 0.25) is 0 Å². The lowest BCUT2D eigenvalue weighted by Gasteiger charge is -2.20. The highest BCUT2D eigenvalue weighted by atomic mass is 32.1. The molecule has 0 unspecified atom stereocenters. The summed E-state index contributed by atoms with van der Waals surface area (Å²) in [4.78, 5) is 27.3. The van der Waals surface area contributed by atoms with Gasteiger partial charge in [0.2, 0.25) is 0 Å². The third-order valence-electron chi connectivity index (χ3n) is 4.32. The van der Waals surface area contributed by atoms with Crippen LogP contribution in [0, 0.1) is 0 Å². The second kappa shape index (κ2) is 5.93. The molecule has 0 spiro atoms. The minimum atomic E-state index is 0.0581. The highest BCUT2D eigenvalue weighted by molar-refractivity contribution is 7.20. The standard InChI is InChI=1S/C16H22N4OS/c1-10(2)20-8-5-11(9-20)12-13-15(18-7-6-17-13)22-14(12)16(21)19(3)4/h6-7,10-11H,5,8-9H2,1-4H3/t11-/m1/s1. The lowest BCUT2D eigenvalue weighted by Crippen LogP contribution is -2.28. The van der Waals surface area contributed by atoms with Gasteiger partial charge in [-0.1, -0.05) is 0 Å². The summed E-state index contributed by atoms with van der Waals surface area (Å²) in [7, 11) is 3.60. The summed E-state index contributed by atoms with van der Waals surface area (Å²) in [6.45, 7) is 6.52. The van der Waals surface area contributed by atoms with Gasteiger partial charge in [0.05, 0.1) is 4.88 Å². The van der Waals surface area contributed by atoms with E-state index in [4.69, 9.17) is 0 Å². The van der Waals surface area contributed by atoms with Gasteiger partial charge in [0.1, 0.15) is 10.3 Å². The SMILES string of the molecule is CC(C)N1CC[C@@H](c2c(C(=O)N(C)C)sc3nccnc23)C1. The Kier molecular flexibility index (Phi) is 4.14. The quantitative estimate of drug-likeness (QED) is 0.873. The molecule has 3 rings (SSSR count). The van der Waals surface area contributed by atoms with E-state index in [0.29, 0.717) is 12.0 Å². The van der Waals surface area contributed by atoms with Crippen molar-refractivity contribution in [1.82, 2.24) is 19.8 Å². The van der Waals surface area contributed by atoms with Crippen LogP contribution in [0.25, 0.3) is 10.3 Å². The molecule has 6 heteroatoms. The maximum Gasteiger partial charge on any atom is 0.263 e. The Hall–Kier alpha value is -1.53. The predicted molar refractivity (Wildman–Crippen MR) is 89.5 cm³/mol. The molecule has 0 aliphatic carbocycles. The topological polar surface area (TPSA) is 49.3 Å². The summed E-state index contributed by atoms with van der Waals surface area (Å²) >= 11 is 1.47. The average molecular weight is 318 g/mol. The summed E-state index contributed by atoms with van der Waals surface area (Å²) in [5.74, 6) is 0.426. The number of hydrogen-bond acceptors (Lipinski definition) is 5. The smallest absolute Gasteiger partial charge is 0.263 e. The molecule has 2 aromatic rings. The van der Waals surface area contributed by atoms with E-state index in [-0.39, 0.29) is 5.91 Å². The molecule has 1 atom stereocenters. The number of rotatable bonds is 3. The van der Waals surface area contributed by atoms with E-state index in [9.17, 15) is 4.79 Å². The number of carbonyl (C=O) groups is 1. The number of amides is 1. The maximum atomic E-state index is 12.6. The Bertz CT molecular complexity index is 695. The van der Waals surface area contributed by atoms with Crippen molar-refractivity contribution in [3.63, 3.8) is 0 Å². The summed E-state index contributed by atoms with van der Waals surface area (Å²) < 4.78 is 0.